The zero-order chi connectivity index (χ0) is 12.3. The highest BCUT2D eigenvalue weighted by Crippen LogP contribution is 2.26. The number of carbonyl (C=O) groups is 1. The summed E-state index contributed by atoms with van der Waals surface area (Å²) in [6.07, 6.45) is 0. The van der Waals surface area contributed by atoms with Crippen LogP contribution in [0.4, 0.5) is 5.69 Å². The highest BCUT2D eigenvalue weighted by molar-refractivity contribution is 7.11. The van der Waals surface area contributed by atoms with E-state index in [1.165, 1.54) is 11.3 Å². The summed E-state index contributed by atoms with van der Waals surface area (Å²) in [6.45, 7) is 3.11. The molecule has 90 valence electrons. The molecule has 0 saturated carbocycles. The van der Waals surface area contributed by atoms with Crippen LogP contribution in [0.1, 0.15) is 4.88 Å². The predicted molar refractivity (Wildman–Crippen MR) is 65.3 cm³/mol. The lowest BCUT2D eigenvalue weighted by molar-refractivity contribution is -0.138. The van der Waals surface area contributed by atoms with Crippen LogP contribution in [0.5, 0.6) is 0 Å². The molecule has 1 fully saturated rings. The molecule has 1 aromatic heterocycles. The fourth-order valence-corrected chi connectivity index (χ4v) is 2.68. The third kappa shape index (κ3) is 2.75. The zero-order valence-electron chi connectivity index (χ0n) is 9.30. The number of anilines is 1. The van der Waals surface area contributed by atoms with E-state index in [0.29, 0.717) is 0 Å². The Morgan fingerprint density at radius 1 is 1.47 bits per heavy atom. The first-order chi connectivity index (χ1) is 8.20. The summed E-state index contributed by atoms with van der Waals surface area (Å²) in [5.74, 6) is -0.785. The van der Waals surface area contributed by atoms with Gasteiger partial charge in [-0.2, -0.15) is 5.26 Å². The van der Waals surface area contributed by atoms with Crippen LogP contribution >= 0.6 is 11.3 Å². The second kappa shape index (κ2) is 5.17. The van der Waals surface area contributed by atoms with Gasteiger partial charge in [-0.25, -0.2) is 0 Å². The molecule has 1 aliphatic rings. The maximum atomic E-state index is 10.6. The standard InChI is InChI=1S/C11H13N3O2S/c12-7-10-9(1-6-17-10)14-4-2-13(3-5-14)8-11(15)16/h1,6H,2-5,8H2,(H,15,16). The topological polar surface area (TPSA) is 67.6 Å². The van der Waals surface area contributed by atoms with Crippen LogP contribution in [0.3, 0.4) is 0 Å². The normalized spacial score (nSPS) is 16.8. The molecule has 2 rings (SSSR count). The number of hydrogen-bond acceptors (Lipinski definition) is 5. The molecule has 1 N–H and O–H groups in total. The number of rotatable bonds is 3. The molecule has 0 atom stereocenters. The lowest BCUT2D eigenvalue weighted by Crippen LogP contribution is -2.48. The van der Waals surface area contributed by atoms with Crippen LogP contribution in [-0.4, -0.2) is 48.7 Å². The minimum Gasteiger partial charge on any atom is -0.480 e. The Hall–Kier alpha value is -1.58. The van der Waals surface area contributed by atoms with Crippen molar-refractivity contribution >= 4 is 23.0 Å². The molecule has 0 spiro atoms. The van der Waals surface area contributed by atoms with Crippen LogP contribution in [-0.2, 0) is 4.79 Å². The summed E-state index contributed by atoms with van der Waals surface area (Å²) >= 11 is 1.44. The van der Waals surface area contributed by atoms with E-state index in [1.54, 1.807) is 0 Å². The molecular formula is C11H13N3O2S. The van der Waals surface area contributed by atoms with Crippen LogP contribution in [0.2, 0.25) is 0 Å². The summed E-state index contributed by atoms with van der Waals surface area (Å²) in [6, 6.07) is 4.14. The van der Waals surface area contributed by atoms with Gasteiger partial charge in [0.05, 0.1) is 12.2 Å². The lowest BCUT2D eigenvalue weighted by Gasteiger charge is -2.34. The van der Waals surface area contributed by atoms with Crippen molar-refractivity contribution in [3.63, 3.8) is 0 Å². The van der Waals surface area contributed by atoms with E-state index in [-0.39, 0.29) is 6.54 Å². The molecule has 0 aromatic carbocycles. The van der Waals surface area contributed by atoms with E-state index >= 15 is 0 Å². The first-order valence-corrected chi connectivity index (χ1v) is 6.25. The minimum absolute atomic E-state index is 0.0998. The van der Waals surface area contributed by atoms with Crippen LogP contribution in [0.15, 0.2) is 11.4 Å². The molecule has 0 radical (unpaired) electrons. The van der Waals surface area contributed by atoms with Crippen molar-refractivity contribution < 1.29 is 9.90 Å². The van der Waals surface area contributed by atoms with Gasteiger partial charge in [-0.1, -0.05) is 0 Å². The number of piperazine rings is 1. The minimum atomic E-state index is -0.785. The number of carboxylic acids is 1. The van der Waals surface area contributed by atoms with Gasteiger partial charge in [-0.05, 0) is 11.4 Å². The van der Waals surface area contributed by atoms with Crippen molar-refractivity contribution in [2.45, 2.75) is 0 Å². The number of nitrogens with zero attached hydrogens (tertiary/aromatic N) is 3. The summed E-state index contributed by atoms with van der Waals surface area (Å²) in [5.41, 5.74) is 0.979. The van der Waals surface area contributed by atoms with E-state index in [2.05, 4.69) is 11.0 Å². The molecule has 5 nitrogen and oxygen atoms in total. The third-order valence-electron chi connectivity index (χ3n) is 2.82. The summed E-state index contributed by atoms with van der Waals surface area (Å²) in [7, 11) is 0. The maximum absolute atomic E-state index is 10.6. The SMILES string of the molecule is N#Cc1sccc1N1CCN(CC(=O)O)CC1. The predicted octanol–water partition coefficient (Wildman–Crippen LogP) is 0.826. The van der Waals surface area contributed by atoms with Gasteiger partial charge in [0.15, 0.2) is 0 Å². The van der Waals surface area contributed by atoms with Gasteiger partial charge in [0.2, 0.25) is 0 Å². The Kier molecular flexibility index (Phi) is 3.61. The molecule has 0 amide bonds. The van der Waals surface area contributed by atoms with E-state index in [0.717, 1.165) is 36.7 Å². The monoisotopic (exact) mass is 251 g/mol. The molecule has 0 aliphatic carbocycles. The number of carboxylic acid groups (broad SMARTS) is 1. The van der Waals surface area contributed by atoms with Gasteiger partial charge in [0, 0.05) is 26.2 Å². The Labute approximate surface area is 103 Å². The largest absolute Gasteiger partial charge is 0.480 e. The quantitative estimate of drug-likeness (QED) is 0.861. The Morgan fingerprint density at radius 3 is 2.76 bits per heavy atom. The van der Waals surface area contributed by atoms with Crippen molar-refractivity contribution in [1.82, 2.24) is 4.90 Å². The van der Waals surface area contributed by atoms with Crippen molar-refractivity contribution in [2.75, 3.05) is 37.6 Å². The van der Waals surface area contributed by atoms with Crippen molar-refractivity contribution in [2.24, 2.45) is 0 Å². The molecule has 17 heavy (non-hydrogen) atoms. The molecule has 1 aromatic rings. The summed E-state index contributed by atoms with van der Waals surface area (Å²) in [4.78, 5) is 15.4. The molecule has 1 saturated heterocycles. The maximum Gasteiger partial charge on any atom is 0.317 e. The fraction of sp³-hybridized carbons (Fsp3) is 0.455. The number of thiophene rings is 1. The van der Waals surface area contributed by atoms with E-state index in [1.807, 2.05) is 16.3 Å². The van der Waals surface area contributed by atoms with Crippen molar-refractivity contribution in [3.8, 4) is 6.07 Å². The second-order valence-electron chi connectivity index (χ2n) is 3.90. The first-order valence-electron chi connectivity index (χ1n) is 5.37. The Bertz CT molecular complexity index is 444. The van der Waals surface area contributed by atoms with Gasteiger partial charge in [0.25, 0.3) is 0 Å². The lowest BCUT2D eigenvalue weighted by atomic mass is 10.2. The number of aliphatic carboxylic acids is 1. The van der Waals surface area contributed by atoms with E-state index in [9.17, 15) is 4.79 Å². The average molecular weight is 251 g/mol. The zero-order valence-corrected chi connectivity index (χ0v) is 10.1. The van der Waals surface area contributed by atoms with Gasteiger partial charge >= 0.3 is 5.97 Å². The molecule has 2 heterocycles. The van der Waals surface area contributed by atoms with Crippen molar-refractivity contribution in [3.05, 3.63) is 16.3 Å². The van der Waals surface area contributed by atoms with Crippen molar-refractivity contribution in [1.29, 1.82) is 5.26 Å². The molecule has 0 unspecified atom stereocenters. The fourth-order valence-electron chi connectivity index (χ4n) is 1.97. The van der Waals surface area contributed by atoms with Gasteiger partial charge < -0.3 is 10.0 Å². The van der Waals surface area contributed by atoms with Crippen LogP contribution < -0.4 is 4.90 Å². The van der Waals surface area contributed by atoms with Gasteiger partial charge in [0.1, 0.15) is 10.9 Å². The van der Waals surface area contributed by atoms with Crippen LogP contribution in [0, 0.1) is 11.3 Å². The molecule has 6 heteroatoms. The summed E-state index contributed by atoms with van der Waals surface area (Å²) in [5, 5.41) is 19.6. The second-order valence-corrected chi connectivity index (χ2v) is 4.82. The smallest absolute Gasteiger partial charge is 0.317 e. The first kappa shape index (κ1) is 11.9. The van der Waals surface area contributed by atoms with E-state index < -0.39 is 5.97 Å². The highest BCUT2D eigenvalue weighted by Gasteiger charge is 2.20. The third-order valence-corrected chi connectivity index (χ3v) is 3.63. The Morgan fingerprint density at radius 2 is 2.18 bits per heavy atom. The van der Waals surface area contributed by atoms with E-state index in [4.69, 9.17) is 10.4 Å². The molecule has 1 aliphatic heterocycles. The highest BCUT2D eigenvalue weighted by atomic mass is 32.1. The number of nitriles is 1. The average Bonchev–Trinajstić information content (AvgIpc) is 2.77. The Balaban J connectivity index is 1.96. The van der Waals surface area contributed by atoms with Crippen LogP contribution in [0.25, 0.3) is 0 Å². The molecular weight excluding hydrogens is 238 g/mol. The van der Waals surface area contributed by atoms with Gasteiger partial charge in [-0.15, -0.1) is 11.3 Å². The number of hydrogen-bond donors (Lipinski definition) is 1. The van der Waals surface area contributed by atoms with Gasteiger partial charge in [-0.3, -0.25) is 9.69 Å². The molecule has 0 bridgehead atoms. The summed E-state index contributed by atoms with van der Waals surface area (Å²) < 4.78 is 0.